The number of aliphatic carboxylic acids is 1. The summed E-state index contributed by atoms with van der Waals surface area (Å²) in [5.74, 6) is -0.0770. The van der Waals surface area contributed by atoms with Gasteiger partial charge in [0.1, 0.15) is 0 Å². The van der Waals surface area contributed by atoms with Crippen molar-refractivity contribution in [1.29, 1.82) is 0 Å². The van der Waals surface area contributed by atoms with Crippen molar-refractivity contribution in [3.05, 3.63) is 16.1 Å². The number of nitrogens with zero attached hydrogens (tertiary/aromatic N) is 2. The van der Waals surface area contributed by atoms with E-state index >= 15 is 0 Å². The molecule has 0 amide bonds. The Hall–Kier alpha value is -0.940. The molecule has 2 rings (SSSR count). The first-order chi connectivity index (χ1) is 9.67. The molecule has 4 nitrogen and oxygen atoms in total. The van der Waals surface area contributed by atoms with E-state index < -0.39 is 5.97 Å². The van der Waals surface area contributed by atoms with Crippen LogP contribution in [0.1, 0.15) is 49.7 Å². The van der Waals surface area contributed by atoms with E-state index in [2.05, 4.69) is 22.2 Å². The number of hydrogen-bond donors (Lipinski definition) is 1. The predicted octanol–water partition coefficient (Wildman–Crippen LogP) is 3.17. The van der Waals surface area contributed by atoms with Gasteiger partial charge in [-0.1, -0.05) is 6.92 Å². The Balaban J connectivity index is 1.72. The summed E-state index contributed by atoms with van der Waals surface area (Å²) in [7, 11) is 0. The van der Waals surface area contributed by atoms with E-state index in [-0.39, 0.29) is 0 Å². The van der Waals surface area contributed by atoms with Gasteiger partial charge in [0.2, 0.25) is 0 Å². The first kappa shape index (κ1) is 15.4. The smallest absolute Gasteiger partial charge is 0.303 e. The Kier molecular flexibility index (Phi) is 5.98. The zero-order chi connectivity index (χ0) is 14.4. The summed E-state index contributed by atoms with van der Waals surface area (Å²) in [6.45, 7) is 5.28. The molecule has 112 valence electrons. The van der Waals surface area contributed by atoms with Crippen molar-refractivity contribution < 1.29 is 9.90 Å². The zero-order valence-electron chi connectivity index (χ0n) is 12.2. The van der Waals surface area contributed by atoms with E-state index in [4.69, 9.17) is 5.11 Å². The summed E-state index contributed by atoms with van der Waals surface area (Å²) in [6.07, 6.45) is 5.64. The van der Waals surface area contributed by atoms with Crippen LogP contribution >= 0.6 is 11.3 Å². The number of rotatable bonds is 7. The fourth-order valence-corrected chi connectivity index (χ4v) is 3.63. The maximum Gasteiger partial charge on any atom is 0.303 e. The third kappa shape index (κ3) is 4.87. The van der Waals surface area contributed by atoms with Crippen molar-refractivity contribution in [3.63, 3.8) is 0 Å². The van der Waals surface area contributed by atoms with Crippen LogP contribution in [0.25, 0.3) is 0 Å². The minimum Gasteiger partial charge on any atom is -0.481 e. The Bertz CT molecular complexity index is 425. The minimum atomic E-state index is -0.668. The van der Waals surface area contributed by atoms with Crippen molar-refractivity contribution in [2.75, 3.05) is 13.1 Å². The lowest BCUT2D eigenvalue weighted by Gasteiger charge is -2.31. The van der Waals surface area contributed by atoms with Crippen LogP contribution in [0.4, 0.5) is 0 Å². The third-order valence-electron chi connectivity index (χ3n) is 3.92. The van der Waals surface area contributed by atoms with Gasteiger partial charge in [-0.2, -0.15) is 0 Å². The number of carbonyl (C=O) groups is 1. The average Bonchev–Trinajstić information content (AvgIpc) is 2.86. The molecule has 20 heavy (non-hydrogen) atoms. The van der Waals surface area contributed by atoms with E-state index in [1.165, 1.54) is 10.7 Å². The van der Waals surface area contributed by atoms with Crippen LogP contribution in [0.15, 0.2) is 5.38 Å². The highest BCUT2D eigenvalue weighted by molar-refractivity contribution is 7.09. The first-order valence-corrected chi connectivity index (χ1v) is 8.42. The summed E-state index contributed by atoms with van der Waals surface area (Å²) in [6, 6.07) is 0. The van der Waals surface area contributed by atoms with Crippen LogP contribution in [-0.4, -0.2) is 34.0 Å². The Labute approximate surface area is 124 Å². The number of aromatic nitrogens is 1. The molecule has 0 spiro atoms. The molecule has 1 fully saturated rings. The van der Waals surface area contributed by atoms with Gasteiger partial charge in [0.15, 0.2) is 0 Å². The fourth-order valence-electron chi connectivity index (χ4n) is 2.74. The fraction of sp³-hybridized carbons (Fsp3) is 0.733. The molecule has 0 bridgehead atoms. The van der Waals surface area contributed by atoms with Gasteiger partial charge in [0, 0.05) is 18.3 Å². The lowest BCUT2D eigenvalue weighted by atomic mass is 9.92. The summed E-state index contributed by atoms with van der Waals surface area (Å²) in [4.78, 5) is 17.7. The molecular weight excluding hydrogens is 272 g/mol. The largest absolute Gasteiger partial charge is 0.481 e. The molecule has 1 aliphatic heterocycles. The molecule has 0 aliphatic carbocycles. The van der Waals surface area contributed by atoms with Gasteiger partial charge in [0.05, 0.1) is 10.7 Å². The predicted molar refractivity (Wildman–Crippen MR) is 81.0 cm³/mol. The first-order valence-electron chi connectivity index (χ1n) is 7.54. The molecule has 1 aromatic rings. The lowest BCUT2D eigenvalue weighted by molar-refractivity contribution is -0.137. The number of thiazole rings is 1. The maximum atomic E-state index is 10.6. The van der Waals surface area contributed by atoms with E-state index in [0.717, 1.165) is 51.7 Å². The second-order valence-electron chi connectivity index (χ2n) is 5.63. The van der Waals surface area contributed by atoms with E-state index in [0.29, 0.717) is 12.3 Å². The number of aryl methyl sites for hydroxylation is 1. The summed E-state index contributed by atoms with van der Waals surface area (Å²) in [5, 5.41) is 12.2. The Morgan fingerprint density at radius 3 is 2.90 bits per heavy atom. The Morgan fingerprint density at radius 2 is 2.25 bits per heavy atom. The molecule has 0 saturated carbocycles. The molecule has 2 heterocycles. The lowest BCUT2D eigenvalue weighted by Crippen LogP contribution is -2.33. The van der Waals surface area contributed by atoms with Gasteiger partial charge in [0.25, 0.3) is 0 Å². The molecule has 1 aliphatic rings. The van der Waals surface area contributed by atoms with Crippen LogP contribution in [-0.2, 0) is 17.8 Å². The van der Waals surface area contributed by atoms with Crippen molar-refractivity contribution >= 4 is 17.3 Å². The summed E-state index contributed by atoms with van der Waals surface area (Å²) >= 11 is 1.77. The number of piperidine rings is 1. The molecule has 1 N–H and O–H groups in total. The van der Waals surface area contributed by atoms with Crippen molar-refractivity contribution in [1.82, 2.24) is 9.88 Å². The standard InChI is InChI=1S/C15H24N2O2S/c1-2-3-14-16-13(11-20-14)10-17-8-6-12(7-9-17)4-5-15(18)19/h11-12H,2-10H2,1H3,(H,18,19). The molecule has 1 aromatic heterocycles. The number of hydrogen-bond acceptors (Lipinski definition) is 4. The topological polar surface area (TPSA) is 53.4 Å². The van der Waals surface area contributed by atoms with Crippen LogP contribution < -0.4 is 0 Å². The number of carboxylic acids is 1. The third-order valence-corrected chi connectivity index (χ3v) is 4.88. The van der Waals surface area contributed by atoms with E-state index in [9.17, 15) is 4.79 Å². The van der Waals surface area contributed by atoms with Crippen LogP contribution in [0, 0.1) is 5.92 Å². The number of likely N-dealkylation sites (tertiary alicyclic amines) is 1. The molecule has 0 unspecified atom stereocenters. The summed E-state index contributed by atoms with van der Waals surface area (Å²) < 4.78 is 0. The SMILES string of the molecule is CCCc1nc(CN2CCC(CCC(=O)O)CC2)cs1. The van der Waals surface area contributed by atoms with Crippen LogP contribution in [0.5, 0.6) is 0 Å². The van der Waals surface area contributed by atoms with Gasteiger partial charge < -0.3 is 5.11 Å². The second kappa shape index (κ2) is 7.74. The zero-order valence-corrected chi connectivity index (χ0v) is 13.0. The molecule has 0 aromatic carbocycles. The second-order valence-corrected chi connectivity index (χ2v) is 6.58. The highest BCUT2D eigenvalue weighted by atomic mass is 32.1. The van der Waals surface area contributed by atoms with Gasteiger partial charge in [-0.25, -0.2) is 4.98 Å². The van der Waals surface area contributed by atoms with Crippen LogP contribution in [0.2, 0.25) is 0 Å². The molecular formula is C15H24N2O2S. The van der Waals surface area contributed by atoms with Gasteiger partial charge in [-0.15, -0.1) is 11.3 Å². The quantitative estimate of drug-likeness (QED) is 0.839. The minimum absolute atomic E-state index is 0.317. The highest BCUT2D eigenvalue weighted by Crippen LogP contribution is 2.23. The monoisotopic (exact) mass is 296 g/mol. The molecule has 0 radical (unpaired) electrons. The molecule has 1 saturated heterocycles. The number of carboxylic acid groups (broad SMARTS) is 1. The van der Waals surface area contributed by atoms with Gasteiger partial charge in [-0.3, -0.25) is 9.69 Å². The van der Waals surface area contributed by atoms with Crippen molar-refractivity contribution in [2.45, 2.75) is 52.0 Å². The molecule has 0 atom stereocenters. The highest BCUT2D eigenvalue weighted by Gasteiger charge is 2.20. The van der Waals surface area contributed by atoms with Gasteiger partial charge >= 0.3 is 5.97 Å². The van der Waals surface area contributed by atoms with Crippen molar-refractivity contribution in [2.24, 2.45) is 5.92 Å². The Morgan fingerprint density at radius 1 is 1.50 bits per heavy atom. The maximum absolute atomic E-state index is 10.6. The normalized spacial score (nSPS) is 17.4. The molecule has 5 heteroatoms. The summed E-state index contributed by atoms with van der Waals surface area (Å²) in [5.41, 5.74) is 1.20. The van der Waals surface area contributed by atoms with E-state index in [1.807, 2.05) is 0 Å². The average molecular weight is 296 g/mol. The van der Waals surface area contributed by atoms with Gasteiger partial charge in [-0.05, 0) is 51.1 Å². The van der Waals surface area contributed by atoms with Crippen LogP contribution in [0.3, 0.4) is 0 Å². The van der Waals surface area contributed by atoms with E-state index in [1.54, 1.807) is 11.3 Å². The van der Waals surface area contributed by atoms with Crippen molar-refractivity contribution in [3.8, 4) is 0 Å².